The van der Waals surface area contributed by atoms with Crippen LogP contribution < -0.4 is 50.8 Å². The Balaban J connectivity index is 1.59. The second-order valence-electron chi connectivity index (χ2n) is 17.2. The molecule has 19 N–H and O–H groups in total. The van der Waals surface area contributed by atoms with Crippen molar-refractivity contribution in [2.45, 2.75) is 143 Å². The van der Waals surface area contributed by atoms with E-state index >= 15 is 0 Å². The van der Waals surface area contributed by atoms with Crippen molar-refractivity contribution in [1.29, 1.82) is 0 Å². The van der Waals surface area contributed by atoms with E-state index in [-0.39, 0.29) is 5.75 Å². The average molecular weight is 1280 g/mol. The van der Waals surface area contributed by atoms with Crippen LogP contribution in [-0.2, 0) is 137 Å². The molecule has 0 radical (unpaired) electrons. The van der Waals surface area contributed by atoms with Crippen LogP contribution in [0.2, 0.25) is 0 Å². The third kappa shape index (κ3) is 17.4. The maximum Gasteiger partial charge on any atom is 0.416 e. The molecule has 5 rings (SSSR count). The molecular formula is C35H56N8O35S4. The van der Waals surface area contributed by atoms with Gasteiger partial charge < -0.3 is 83.7 Å². The fourth-order valence-corrected chi connectivity index (χ4v) is 9.83. The molecule has 1 aromatic rings. The maximum absolute atomic E-state index is 13.5. The molecule has 0 aromatic heterocycles. The summed E-state index contributed by atoms with van der Waals surface area (Å²) in [6, 6.07) is 1.46. The Labute approximate surface area is 462 Å². The molecule has 20 atom stereocenters. The number of carbonyl (C=O) groups is 4. The molecule has 82 heavy (non-hydrogen) atoms. The van der Waals surface area contributed by atoms with E-state index in [4.69, 9.17) is 79.9 Å². The van der Waals surface area contributed by atoms with Crippen LogP contribution in [0.1, 0.15) is 19.4 Å². The number of benzene rings is 1. The summed E-state index contributed by atoms with van der Waals surface area (Å²) in [5.41, 5.74) is 0.691. The van der Waals surface area contributed by atoms with Gasteiger partial charge in [0.05, 0.1) is 13.2 Å². The first-order chi connectivity index (χ1) is 38.2. The van der Waals surface area contributed by atoms with Crippen molar-refractivity contribution in [3.63, 3.8) is 0 Å². The fraction of sp³-hybridized carbons (Fsp3) is 0.714. The van der Waals surface area contributed by atoms with Crippen LogP contribution in [0.25, 0.3) is 0 Å². The van der Waals surface area contributed by atoms with E-state index in [0.717, 1.165) is 13.8 Å². The van der Waals surface area contributed by atoms with Gasteiger partial charge >= 0.3 is 53.5 Å². The van der Waals surface area contributed by atoms with E-state index in [0.29, 0.717) is 5.56 Å². The molecule has 47 heteroatoms. The van der Waals surface area contributed by atoms with Crippen molar-refractivity contribution in [2.24, 2.45) is 35.4 Å². The Morgan fingerprint density at radius 3 is 1.30 bits per heavy atom. The standard InChI is InChI=1S/C35H56N8O35S4/c1-10-4-6-13(7-5-10)63-34-26(73-81(57,58)77-40)21(49)24(28(69-34)30(51)71-36)68-33-17(43-12(3)45)20(48)23(15(65-33)9-62-80(55,56)76-39)66-35-27(74-82(59,60)78-41)22(50)25(29(70-35)31(52)72-37)67-32-16(42-11(2)44)19(47)18(46)14(64-32)8-61-79(53,54)75-38/h4-7,14-29,32-35,46-50H,8-9,36-41H2,1-3H3,(H,42,44)(H,43,45)/t14?,15?,16?,17?,18-,19-,20-,21-,22-,23-,24-,25+,26?,27?,28?,29?,32-,33+,34-,35-/m1/s1. The van der Waals surface area contributed by atoms with E-state index in [1.165, 1.54) is 24.3 Å². The lowest BCUT2D eigenvalue weighted by Gasteiger charge is -2.50. The highest BCUT2D eigenvalue weighted by atomic mass is 32.3. The van der Waals surface area contributed by atoms with Gasteiger partial charge in [0, 0.05) is 13.8 Å². The van der Waals surface area contributed by atoms with Gasteiger partial charge in [-0.25, -0.2) is 26.3 Å². The van der Waals surface area contributed by atoms with E-state index in [1.807, 2.05) is 0 Å². The summed E-state index contributed by atoms with van der Waals surface area (Å²) < 4.78 is 180. The quantitative estimate of drug-likeness (QED) is 0.0383. The number of nitrogens with two attached hydrogens (primary N) is 6. The number of hydrogen-bond acceptors (Lipinski definition) is 41. The zero-order valence-electron chi connectivity index (χ0n) is 41.9. The predicted octanol–water partition coefficient (Wildman–Crippen LogP) is -11.6. The second kappa shape index (κ2) is 28.7. The number of hydrogen-bond donors (Lipinski definition) is 13. The summed E-state index contributed by atoms with van der Waals surface area (Å²) >= 11 is 0. The number of aliphatic hydroxyl groups excluding tert-OH is 5. The molecule has 0 bridgehead atoms. The van der Waals surface area contributed by atoms with Gasteiger partial charge in [0.2, 0.25) is 18.1 Å². The zero-order chi connectivity index (χ0) is 61.4. The number of aryl methyl sites for hydroxylation is 1. The minimum Gasteiger partial charge on any atom is -0.462 e. The molecule has 0 aliphatic carbocycles. The third-order valence-corrected chi connectivity index (χ3v) is 14.4. The minimum atomic E-state index is -5.63. The first-order valence-electron chi connectivity index (χ1n) is 22.5. The zero-order valence-corrected chi connectivity index (χ0v) is 45.1. The molecule has 0 spiro atoms. The number of rotatable bonds is 26. The van der Waals surface area contributed by atoms with Crippen LogP contribution in [0, 0.1) is 6.92 Å². The monoisotopic (exact) mass is 1280 g/mol. The van der Waals surface area contributed by atoms with Gasteiger partial charge in [-0.05, 0) is 19.1 Å². The van der Waals surface area contributed by atoms with Gasteiger partial charge in [0.15, 0.2) is 43.3 Å². The summed E-state index contributed by atoms with van der Waals surface area (Å²) in [5, 5.41) is 62.1. The molecule has 43 nitrogen and oxygen atoms in total. The van der Waals surface area contributed by atoms with Crippen molar-refractivity contribution in [3.05, 3.63) is 29.8 Å². The lowest BCUT2D eigenvalue weighted by molar-refractivity contribution is -0.367. The van der Waals surface area contributed by atoms with Gasteiger partial charge in [0.1, 0.15) is 78.9 Å². The van der Waals surface area contributed by atoms with E-state index in [2.05, 4.69) is 47.5 Å². The highest BCUT2D eigenvalue weighted by Crippen LogP contribution is 2.38. The molecule has 4 heterocycles. The number of amides is 2. The number of ether oxygens (including phenoxy) is 8. The SMILES string of the molecule is CC(=O)NC1[C@@H](O[C@@H]2C(C(=O)ON)O[C@@H](O[C@@H]3C(COS(=O)(=O)ON)O[C@@H](O[C@H]4C(C(=O)ON)O[C@@H](Oc5ccc(C)cc5)C(OS(=O)(=O)ON)[C@@H]4O)C(NC(C)=O)[C@H]3O)C(OS(=O)(=O)ON)[C@@H]2O)OC(COS(=O)(=O)ON)[C@@H](O)[C@@H]1O. The smallest absolute Gasteiger partial charge is 0.416 e. The van der Waals surface area contributed by atoms with Gasteiger partial charge in [-0.1, -0.05) is 17.7 Å². The molecule has 4 saturated heterocycles. The fourth-order valence-electron chi connectivity index (χ4n) is 8.07. The van der Waals surface area contributed by atoms with Gasteiger partial charge in [-0.2, -0.15) is 86.2 Å². The number of aliphatic hydroxyl groups is 5. The average Bonchev–Trinajstić information content (AvgIpc) is 3.57. The lowest BCUT2D eigenvalue weighted by Crippen LogP contribution is -2.71. The van der Waals surface area contributed by atoms with Crippen molar-refractivity contribution in [3.8, 4) is 5.75 Å². The van der Waals surface area contributed by atoms with Gasteiger partial charge in [-0.15, -0.1) is 0 Å². The third-order valence-electron chi connectivity index (χ3n) is 11.7. The van der Waals surface area contributed by atoms with E-state index in [9.17, 15) is 78.4 Å². The molecule has 1 aromatic carbocycles. The van der Waals surface area contributed by atoms with E-state index < -0.39 is 201 Å². The molecule has 8 unspecified atom stereocenters. The molecule has 4 aliphatic heterocycles. The number of nitrogens with one attached hydrogen (secondary N) is 2. The van der Waals surface area contributed by atoms with Crippen LogP contribution in [0.4, 0.5) is 0 Å². The topological polar surface area (TPSA) is 652 Å². The first-order valence-corrected chi connectivity index (χ1v) is 27.8. The Kier molecular flexibility index (Phi) is 24.0. The Morgan fingerprint density at radius 2 is 0.878 bits per heavy atom. The molecule has 2 amide bonds. The van der Waals surface area contributed by atoms with E-state index in [1.54, 1.807) is 6.92 Å². The lowest BCUT2D eigenvalue weighted by atomic mass is 9.94. The van der Waals surface area contributed by atoms with Crippen LogP contribution in [0.15, 0.2) is 24.3 Å². The Hall–Kier alpha value is -4.34. The van der Waals surface area contributed by atoms with Crippen molar-refractivity contribution in [2.75, 3.05) is 13.2 Å². The summed E-state index contributed by atoms with van der Waals surface area (Å²) in [5.74, 6) is 23.9. The predicted molar refractivity (Wildman–Crippen MR) is 245 cm³/mol. The van der Waals surface area contributed by atoms with Crippen molar-refractivity contribution in [1.82, 2.24) is 10.6 Å². The minimum absolute atomic E-state index is 0.105. The largest absolute Gasteiger partial charge is 0.462 e. The van der Waals surface area contributed by atoms with Crippen LogP contribution in [-0.4, -0.2) is 219 Å². The first kappa shape index (κ1) is 68.4. The molecule has 470 valence electrons. The Morgan fingerprint density at radius 1 is 0.488 bits per heavy atom. The maximum atomic E-state index is 13.5. The molecule has 4 fully saturated rings. The summed E-state index contributed by atoms with van der Waals surface area (Å²) in [6.07, 6.45) is -44.2. The normalized spacial score (nSPS) is 34.8. The highest BCUT2D eigenvalue weighted by Gasteiger charge is 2.60. The molecule has 4 aliphatic rings. The molecule has 0 saturated carbocycles. The number of carbonyl (C=O) groups excluding carboxylic acids is 4. The van der Waals surface area contributed by atoms with Crippen LogP contribution in [0.3, 0.4) is 0 Å². The van der Waals surface area contributed by atoms with Crippen LogP contribution in [0.5, 0.6) is 5.75 Å². The molecular weight excluding hydrogens is 1220 g/mol. The van der Waals surface area contributed by atoms with Crippen molar-refractivity contribution < 1.29 is 160 Å². The highest BCUT2D eigenvalue weighted by molar-refractivity contribution is 7.82. The Bertz CT molecular complexity index is 2810. The van der Waals surface area contributed by atoms with Gasteiger partial charge in [-0.3, -0.25) is 9.59 Å². The summed E-state index contributed by atoms with van der Waals surface area (Å²) in [4.78, 5) is 60.5. The van der Waals surface area contributed by atoms with Crippen LogP contribution >= 0.6 is 0 Å². The summed E-state index contributed by atoms with van der Waals surface area (Å²) in [6.45, 7) is 0.600. The summed E-state index contributed by atoms with van der Waals surface area (Å²) in [7, 11) is -21.3. The van der Waals surface area contributed by atoms with Gasteiger partial charge in [0.25, 0.3) is 0 Å². The second-order valence-corrected chi connectivity index (χ2v) is 22.0. The van der Waals surface area contributed by atoms with Crippen molar-refractivity contribution >= 4 is 65.3 Å².